The lowest BCUT2D eigenvalue weighted by Gasteiger charge is -2.20. The van der Waals surface area contributed by atoms with Crippen molar-refractivity contribution < 1.29 is 22.7 Å². The van der Waals surface area contributed by atoms with Crippen molar-refractivity contribution in [2.24, 2.45) is 0 Å². The Balaban J connectivity index is 1.54. The largest absolute Gasteiger partial charge is 0.493 e. The van der Waals surface area contributed by atoms with Crippen molar-refractivity contribution in [2.75, 3.05) is 39.2 Å². The van der Waals surface area contributed by atoms with Gasteiger partial charge in [-0.2, -0.15) is 0 Å². The molecule has 2 amide bonds. The van der Waals surface area contributed by atoms with E-state index in [1.165, 1.54) is 12.1 Å². The van der Waals surface area contributed by atoms with Crippen LogP contribution >= 0.6 is 0 Å². The van der Waals surface area contributed by atoms with E-state index in [2.05, 4.69) is 10.0 Å². The molecule has 9 heteroatoms. The molecule has 0 unspecified atom stereocenters. The van der Waals surface area contributed by atoms with Crippen LogP contribution in [0.25, 0.3) is 0 Å². The molecule has 1 aliphatic rings. The number of ether oxygens (including phenoxy) is 2. The van der Waals surface area contributed by atoms with E-state index in [0.717, 1.165) is 44.3 Å². The Morgan fingerprint density at radius 3 is 2.22 bits per heavy atom. The summed E-state index contributed by atoms with van der Waals surface area (Å²) >= 11 is 0. The monoisotopic (exact) mass is 461 g/mol. The van der Waals surface area contributed by atoms with Gasteiger partial charge in [0.1, 0.15) is 0 Å². The second-order valence-corrected chi connectivity index (χ2v) is 9.46. The number of likely N-dealkylation sites (tertiary alicyclic amines) is 1. The van der Waals surface area contributed by atoms with Crippen LogP contribution in [0, 0.1) is 0 Å². The van der Waals surface area contributed by atoms with E-state index < -0.39 is 10.0 Å². The minimum Gasteiger partial charge on any atom is -0.493 e. The number of anilines is 1. The molecule has 2 N–H and O–H groups in total. The summed E-state index contributed by atoms with van der Waals surface area (Å²) in [6, 6.07) is 11.6. The molecule has 0 spiro atoms. The normalized spacial score (nSPS) is 14.5. The Labute approximate surface area is 190 Å². The van der Waals surface area contributed by atoms with Crippen molar-refractivity contribution in [3.05, 3.63) is 48.0 Å². The van der Waals surface area contributed by atoms with E-state index in [1.54, 1.807) is 32.4 Å². The molecule has 2 aromatic rings. The molecule has 0 radical (unpaired) electrons. The number of nitrogens with zero attached hydrogens (tertiary/aromatic N) is 1. The molecule has 174 valence electrons. The number of urea groups is 1. The quantitative estimate of drug-likeness (QED) is 0.626. The number of rotatable bonds is 8. The first-order valence-corrected chi connectivity index (χ1v) is 12.3. The molecule has 0 bridgehead atoms. The lowest BCUT2D eigenvalue weighted by molar-refractivity contribution is 0.214. The van der Waals surface area contributed by atoms with Crippen LogP contribution in [0.3, 0.4) is 0 Å². The van der Waals surface area contributed by atoms with Crippen molar-refractivity contribution in [1.29, 1.82) is 0 Å². The molecule has 1 saturated heterocycles. The number of carbonyl (C=O) groups is 1. The first kappa shape index (κ1) is 23.9. The highest BCUT2D eigenvalue weighted by atomic mass is 32.2. The summed E-state index contributed by atoms with van der Waals surface area (Å²) in [5, 5.41) is 2.85. The molecule has 1 heterocycles. The molecule has 2 aromatic carbocycles. The van der Waals surface area contributed by atoms with Crippen LogP contribution in [0.5, 0.6) is 11.5 Å². The van der Waals surface area contributed by atoms with Gasteiger partial charge in [0.25, 0.3) is 0 Å². The van der Waals surface area contributed by atoms with E-state index in [1.807, 2.05) is 17.0 Å². The number of methoxy groups -OCH3 is 2. The molecule has 0 saturated carbocycles. The Hall–Kier alpha value is -2.78. The van der Waals surface area contributed by atoms with Gasteiger partial charge in [0.05, 0.1) is 19.1 Å². The van der Waals surface area contributed by atoms with Gasteiger partial charge in [-0.1, -0.05) is 18.9 Å². The summed E-state index contributed by atoms with van der Waals surface area (Å²) in [5.74, 6) is 1.23. The van der Waals surface area contributed by atoms with Gasteiger partial charge in [0.2, 0.25) is 10.0 Å². The molecular weight excluding hydrogens is 430 g/mol. The summed E-state index contributed by atoms with van der Waals surface area (Å²) in [7, 11) is -0.532. The lowest BCUT2D eigenvalue weighted by Crippen LogP contribution is -2.35. The number of nitrogens with one attached hydrogen (secondary N) is 2. The molecule has 3 rings (SSSR count). The summed E-state index contributed by atoms with van der Waals surface area (Å²) in [6.45, 7) is 1.75. The smallest absolute Gasteiger partial charge is 0.321 e. The van der Waals surface area contributed by atoms with Gasteiger partial charge < -0.3 is 19.7 Å². The second kappa shape index (κ2) is 11.2. The SMILES string of the molecule is COc1ccc(CCNS(=O)(=O)c2ccc(NC(=O)N3CCCCCC3)cc2)cc1OC. The van der Waals surface area contributed by atoms with Gasteiger partial charge in [0, 0.05) is 25.3 Å². The summed E-state index contributed by atoms with van der Waals surface area (Å²) in [4.78, 5) is 14.4. The maximum absolute atomic E-state index is 12.6. The van der Waals surface area contributed by atoms with Crippen molar-refractivity contribution >= 4 is 21.7 Å². The Bertz CT molecular complexity index is 1000. The maximum Gasteiger partial charge on any atom is 0.321 e. The van der Waals surface area contributed by atoms with Crippen LogP contribution < -0.4 is 19.5 Å². The fourth-order valence-corrected chi connectivity index (χ4v) is 4.67. The van der Waals surface area contributed by atoms with Crippen molar-refractivity contribution in [3.63, 3.8) is 0 Å². The van der Waals surface area contributed by atoms with Crippen molar-refractivity contribution in [1.82, 2.24) is 9.62 Å². The third-order valence-electron chi connectivity index (χ3n) is 5.46. The van der Waals surface area contributed by atoms with Crippen LogP contribution in [-0.2, 0) is 16.4 Å². The van der Waals surface area contributed by atoms with Crippen LogP contribution in [0.15, 0.2) is 47.4 Å². The average Bonchev–Trinajstić information content (AvgIpc) is 3.09. The number of carbonyl (C=O) groups excluding carboxylic acids is 1. The maximum atomic E-state index is 12.6. The molecule has 0 aliphatic carbocycles. The topological polar surface area (TPSA) is 97.0 Å². The van der Waals surface area contributed by atoms with Gasteiger partial charge in [0.15, 0.2) is 11.5 Å². The van der Waals surface area contributed by atoms with Crippen molar-refractivity contribution in [3.8, 4) is 11.5 Å². The molecular formula is C23H31N3O5S. The first-order valence-electron chi connectivity index (χ1n) is 10.8. The van der Waals surface area contributed by atoms with Gasteiger partial charge in [-0.3, -0.25) is 0 Å². The van der Waals surface area contributed by atoms with Crippen molar-refractivity contribution in [2.45, 2.75) is 37.0 Å². The lowest BCUT2D eigenvalue weighted by atomic mass is 10.1. The predicted octanol–water partition coefficient (Wildman–Crippen LogP) is 3.63. The van der Waals surface area contributed by atoms with E-state index in [4.69, 9.17) is 9.47 Å². The highest BCUT2D eigenvalue weighted by Gasteiger charge is 2.17. The number of sulfonamides is 1. The Kier molecular flexibility index (Phi) is 8.35. The zero-order valence-corrected chi connectivity index (χ0v) is 19.4. The highest BCUT2D eigenvalue weighted by molar-refractivity contribution is 7.89. The molecule has 32 heavy (non-hydrogen) atoms. The van der Waals surface area contributed by atoms with Gasteiger partial charge in [-0.25, -0.2) is 17.9 Å². The molecule has 1 fully saturated rings. The van der Waals surface area contributed by atoms with Crippen LogP contribution in [0.2, 0.25) is 0 Å². The van der Waals surface area contributed by atoms with E-state index in [-0.39, 0.29) is 17.5 Å². The summed E-state index contributed by atoms with van der Waals surface area (Å²) in [6.07, 6.45) is 4.83. The van der Waals surface area contributed by atoms with E-state index in [9.17, 15) is 13.2 Å². The molecule has 1 aliphatic heterocycles. The number of benzene rings is 2. The van der Waals surface area contributed by atoms with Gasteiger partial charge in [-0.15, -0.1) is 0 Å². The highest BCUT2D eigenvalue weighted by Crippen LogP contribution is 2.27. The van der Waals surface area contributed by atoms with Crippen LogP contribution in [0.4, 0.5) is 10.5 Å². The number of hydrogen-bond donors (Lipinski definition) is 2. The van der Waals surface area contributed by atoms with E-state index >= 15 is 0 Å². The van der Waals surface area contributed by atoms with Crippen LogP contribution in [0.1, 0.15) is 31.2 Å². The molecule has 0 atom stereocenters. The zero-order chi connectivity index (χ0) is 23.0. The Morgan fingerprint density at radius 2 is 1.59 bits per heavy atom. The van der Waals surface area contributed by atoms with E-state index in [0.29, 0.717) is 23.6 Å². The fraction of sp³-hybridized carbons (Fsp3) is 0.435. The minimum atomic E-state index is -3.66. The third kappa shape index (κ3) is 6.37. The number of hydrogen-bond acceptors (Lipinski definition) is 5. The Morgan fingerprint density at radius 1 is 0.938 bits per heavy atom. The first-order chi connectivity index (χ1) is 15.4. The summed E-state index contributed by atoms with van der Waals surface area (Å²) < 4.78 is 38.3. The minimum absolute atomic E-state index is 0.143. The standard InChI is InChI=1S/C23H31N3O5S/c1-30-21-12-7-18(17-22(21)31-2)13-14-24-32(28,29)20-10-8-19(9-11-20)25-23(27)26-15-5-3-4-6-16-26/h7-12,17,24H,3-6,13-16H2,1-2H3,(H,25,27). The zero-order valence-electron chi connectivity index (χ0n) is 18.6. The fourth-order valence-electron chi connectivity index (χ4n) is 3.64. The average molecular weight is 462 g/mol. The molecule has 8 nitrogen and oxygen atoms in total. The third-order valence-corrected chi connectivity index (χ3v) is 6.94. The van der Waals surface area contributed by atoms with Crippen LogP contribution in [-0.4, -0.2) is 53.2 Å². The second-order valence-electron chi connectivity index (χ2n) is 7.69. The number of amides is 2. The molecule has 0 aromatic heterocycles. The summed E-state index contributed by atoms with van der Waals surface area (Å²) in [5.41, 5.74) is 1.50. The van der Waals surface area contributed by atoms with Gasteiger partial charge >= 0.3 is 6.03 Å². The predicted molar refractivity (Wildman–Crippen MR) is 124 cm³/mol. The van der Waals surface area contributed by atoms with Gasteiger partial charge in [-0.05, 0) is 61.2 Å².